The van der Waals surface area contributed by atoms with E-state index in [9.17, 15) is 4.79 Å². The van der Waals surface area contributed by atoms with Gasteiger partial charge in [-0.2, -0.15) is 0 Å². The zero-order valence-corrected chi connectivity index (χ0v) is 19.2. The van der Waals surface area contributed by atoms with Crippen molar-refractivity contribution < 1.29 is 14.3 Å². The van der Waals surface area contributed by atoms with Crippen molar-refractivity contribution in [2.75, 3.05) is 30.0 Å². The second kappa shape index (κ2) is 7.44. The van der Waals surface area contributed by atoms with Crippen molar-refractivity contribution in [2.45, 2.75) is 45.2 Å². The Balaban J connectivity index is 1.73. The molecule has 5 heteroatoms. The molecule has 3 aromatic rings. The summed E-state index contributed by atoms with van der Waals surface area (Å²) in [6, 6.07) is 18.7. The SMILES string of the molecule is CCCN1c2ccc(C)cc2C(C)(C(=O)OCC)C12COc1c(ccc3ccccc13)N2. The number of ether oxygens (including phenoxy) is 2. The Hall–Kier alpha value is -3.21. The summed E-state index contributed by atoms with van der Waals surface area (Å²) in [6.07, 6.45) is 0.945. The summed E-state index contributed by atoms with van der Waals surface area (Å²) in [5.41, 5.74) is 2.34. The molecule has 32 heavy (non-hydrogen) atoms. The maximum Gasteiger partial charge on any atom is 0.320 e. The molecule has 2 heterocycles. The molecule has 0 aromatic heterocycles. The third-order valence-corrected chi connectivity index (χ3v) is 7.05. The van der Waals surface area contributed by atoms with E-state index in [0.29, 0.717) is 13.2 Å². The first-order valence-corrected chi connectivity index (χ1v) is 11.4. The second-order valence-electron chi connectivity index (χ2n) is 8.96. The Bertz CT molecular complexity index is 1210. The zero-order chi connectivity index (χ0) is 22.5. The molecule has 0 radical (unpaired) electrons. The smallest absolute Gasteiger partial charge is 0.320 e. The maximum absolute atomic E-state index is 13.6. The van der Waals surface area contributed by atoms with Crippen LogP contribution < -0.4 is 15.0 Å². The number of carbonyl (C=O) groups is 1. The zero-order valence-electron chi connectivity index (χ0n) is 19.2. The van der Waals surface area contributed by atoms with E-state index in [1.54, 1.807) is 0 Å². The Morgan fingerprint density at radius 2 is 1.97 bits per heavy atom. The van der Waals surface area contributed by atoms with Crippen LogP contribution in [-0.4, -0.2) is 31.4 Å². The summed E-state index contributed by atoms with van der Waals surface area (Å²) in [5.74, 6) is 0.606. The van der Waals surface area contributed by atoms with E-state index < -0.39 is 11.1 Å². The first-order chi connectivity index (χ1) is 15.5. The Morgan fingerprint density at radius 1 is 1.16 bits per heavy atom. The number of carbonyl (C=O) groups excluding carboxylic acids is 1. The third kappa shape index (κ3) is 2.66. The van der Waals surface area contributed by atoms with Crippen LogP contribution in [0.4, 0.5) is 11.4 Å². The standard InChI is InChI=1S/C27H30N2O3/c1-5-15-29-23-14-11-18(3)16-21(23)26(4,25(30)31-6-2)27(29)17-32-24-20-10-8-7-9-19(20)12-13-22(24)28-27/h7-14,16,28H,5-6,15,17H2,1-4H3. The number of anilines is 2. The predicted molar refractivity (Wildman–Crippen MR) is 129 cm³/mol. The average Bonchev–Trinajstić information content (AvgIpc) is 2.99. The molecule has 2 aliphatic rings. The van der Waals surface area contributed by atoms with Gasteiger partial charge in [-0.25, -0.2) is 0 Å². The largest absolute Gasteiger partial charge is 0.486 e. The maximum atomic E-state index is 13.6. The van der Waals surface area contributed by atoms with E-state index in [-0.39, 0.29) is 5.97 Å². The van der Waals surface area contributed by atoms with Crippen LogP contribution in [0.25, 0.3) is 10.8 Å². The fraction of sp³-hybridized carbons (Fsp3) is 0.370. The molecule has 0 saturated heterocycles. The van der Waals surface area contributed by atoms with Gasteiger partial charge in [0.05, 0.1) is 12.3 Å². The monoisotopic (exact) mass is 430 g/mol. The normalized spacial score (nSPS) is 23.4. The highest BCUT2D eigenvalue weighted by Crippen LogP contribution is 2.55. The summed E-state index contributed by atoms with van der Waals surface area (Å²) in [6.45, 7) is 9.54. The van der Waals surface area contributed by atoms with Gasteiger partial charge >= 0.3 is 5.97 Å². The Labute approximate surface area is 189 Å². The summed E-state index contributed by atoms with van der Waals surface area (Å²) < 4.78 is 12.2. The number of nitrogens with zero attached hydrogens (tertiary/aromatic N) is 1. The quantitative estimate of drug-likeness (QED) is 0.562. The van der Waals surface area contributed by atoms with Crippen LogP contribution in [0.15, 0.2) is 54.6 Å². The number of fused-ring (bicyclic) bond motifs is 4. The van der Waals surface area contributed by atoms with Gasteiger partial charge in [0.15, 0.2) is 11.4 Å². The third-order valence-electron chi connectivity index (χ3n) is 7.05. The molecule has 0 aliphatic carbocycles. The molecule has 5 nitrogen and oxygen atoms in total. The molecule has 0 bridgehead atoms. The van der Waals surface area contributed by atoms with E-state index in [1.165, 1.54) is 0 Å². The number of hydrogen-bond acceptors (Lipinski definition) is 5. The van der Waals surface area contributed by atoms with Gasteiger partial charge in [-0.15, -0.1) is 0 Å². The van der Waals surface area contributed by atoms with Gasteiger partial charge in [0.2, 0.25) is 0 Å². The highest BCUT2D eigenvalue weighted by atomic mass is 16.5. The summed E-state index contributed by atoms with van der Waals surface area (Å²) in [4.78, 5) is 16.0. The van der Waals surface area contributed by atoms with Gasteiger partial charge < -0.3 is 19.7 Å². The lowest BCUT2D eigenvalue weighted by atomic mass is 9.73. The molecule has 166 valence electrons. The molecule has 1 spiro atoms. The fourth-order valence-corrected chi connectivity index (χ4v) is 5.42. The number of esters is 1. The molecule has 2 unspecified atom stereocenters. The van der Waals surface area contributed by atoms with Crippen molar-refractivity contribution in [3.63, 3.8) is 0 Å². The van der Waals surface area contributed by atoms with Crippen LogP contribution >= 0.6 is 0 Å². The molecule has 0 amide bonds. The molecular formula is C27H30N2O3. The van der Waals surface area contributed by atoms with E-state index in [4.69, 9.17) is 9.47 Å². The average molecular weight is 431 g/mol. The minimum Gasteiger partial charge on any atom is -0.486 e. The summed E-state index contributed by atoms with van der Waals surface area (Å²) in [7, 11) is 0. The lowest BCUT2D eigenvalue weighted by Gasteiger charge is -2.50. The minimum absolute atomic E-state index is 0.231. The first kappa shape index (κ1) is 20.7. The van der Waals surface area contributed by atoms with Crippen molar-refractivity contribution >= 4 is 28.1 Å². The number of nitrogens with one attached hydrogen (secondary N) is 1. The van der Waals surface area contributed by atoms with Crippen molar-refractivity contribution in [1.29, 1.82) is 0 Å². The molecule has 2 aliphatic heterocycles. The number of aryl methyl sites for hydroxylation is 1. The van der Waals surface area contributed by atoms with Gasteiger partial charge in [0, 0.05) is 17.6 Å². The van der Waals surface area contributed by atoms with Gasteiger partial charge in [0.1, 0.15) is 12.0 Å². The Kier molecular flexibility index (Phi) is 4.81. The molecule has 2 atom stereocenters. The van der Waals surface area contributed by atoms with E-state index in [2.05, 4.69) is 66.5 Å². The van der Waals surface area contributed by atoms with Gasteiger partial charge in [0.25, 0.3) is 0 Å². The molecular weight excluding hydrogens is 400 g/mol. The highest BCUT2D eigenvalue weighted by Gasteiger charge is 2.66. The van der Waals surface area contributed by atoms with Crippen LogP contribution in [0.3, 0.4) is 0 Å². The van der Waals surface area contributed by atoms with Crippen molar-refractivity contribution in [1.82, 2.24) is 0 Å². The van der Waals surface area contributed by atoms with Crippen molar-refractivity contribution in [3.05, 3.63) is 65.7 Å². The summed E-state index contributed by atoms with van der Waals surface area (Å²) >= 11 is 0. The first-order valence-electron chi connectivity index (χ1n) is 11.4. The molecule has 0 saturated carbocycles. The van der Waals surface area contributed by atoms with Crippen LogP contribution in [0.1, 0.15) is 38.3 Å². The van der Waals surface area contributed by atoms with Crippen LogP contribution in [0, 0.1) is 6.92 Å². The van der Waals surface area contributed by atoms with E-state index >= 15 is 0 Å². The summed E-state index contributed by atoms with van der Waals surface area (Å²) in [5, 5.41) is 6.00. The second-order valence-corrected chi connectivity index (χ2v) is 8.96. The lowest BCUT2D eigenvalue weighted by molar-refractivity contribution is -0.152. The predicted octanol–water partition coefficient (Wildman–Crippen LogP) is 5.40. The molecule has 0 fully saturated rings. The van der Waals surface area contributed by atoms with Crippen LogP contribution in [-0.2, 0) is 14.9 Å². The number of hydrogen-bond donors (Lipinski definition) is 1. The minimum atomic E-state index is -0.942. The fourth-order valence-electron chi connectivity index (χ4n) is 5.42. The van der Waals surface area contributed by atoms with E-state index in [0.717, 1.165) is 52.0 Å². The molecule has 3 aromatic carbocycles. The molecule has 1 N–H and O–H groups in total. The van der Waals surface area contributed by atoms with Gasteiger partial charge in [-0.3, -0.25) is 4.79 Å². The van der Waals surface area contributed by atoms with Gasteiger partial charge in [-0.1, -0.05) is 55.0 Å². The van der Waals surface area contributed by atoms with Gasteiger partial charge in [-0.05, 0) is 50.3 Å². The lowest BCUT2D eigenvalue weighted by Crippen LogP contribution is -2.69. The van der Waals surface area contributed by atoms with Crippen molar-refractivity contribution in [2.24, 2.45) is 0 Å². The van der Waals surface area contributed by atoms with Crippen molar-refractivity contribution in [3.8, 4) is 5.75 Å². The number of rotatable bonds is 4. The van der Waals surface area contributed by atoms with E-state index in [1.807, 2.05) is 26.0 Å². The Morgan fingerprint density at radius 3 is 2.75 bits per heavy atom. The molecule has 5 rings (SSSR count). The highest BCUT2D eigenvalue weighted by molar-refractivity contribution is 5.97. The van der Waals surface area contributed by atoms with Crippen LogP contribution in [0.2, 0.25) is 0 Å². The number of benzene rings is 3. The topological polar surface area (TPSA) is 50.8 Å². The van der Waals surface area contributed by atoms with Crippen LogP contribution in [0.5, 0.6) is 5.75 Å².